The molecule has 0 aromatic rings. The van der Waals surface area contributed by atoms with E-state index in [-0.39, 0.29) is 23.4 Å². The zero-order chi connectivity index (χ0) is 29.2. The average molecular weight is 558 g/mol. The molecule has 4 rings (SSSR count). The number of carbonyl (C=O) groups is 4. The first kappa shape index (κ1) is 30.3. The van der Waals surface area contributed by atoms with Crippen molar-refractivity contribution in [3.63, 3.8) is 0 Å². The fraction of sp³-hybridized carbons (Fsp3) is 0.774. The van der Waals surface area contributed by atoms with Crippen LogP contribution in [-0.2, 0) is 24.0 Å². The van der Waals surface area contributed by atoms with E-state index in [1.165, 1.54) is 25.3 Å². The minimum atomic E-state index is -1.10. The maximum atomic E-state index is 12.4. The van der Waals surface area contributed by atoms with Crippen LogP contribution in [-0.4, -0.2) is 53.1 Å². The maximum absolute atomic E-state index is 12.4. The van der Waals surface area contributed by atoms with Crippen LogP contribution in [0.15, 0.2) is 16.8 Å². The van der Waals surface area contributed by atoms with Gasteiger partial charge in [0.2, 0.25) is 5.91 Å². The van der Waals surface area contributed by atoms with Crippen LogP contribution < -0.4 is 10.6 Å². The molecule has 3 N–H and O–H groups in total. The molecule has 4 aliphatic carbocycles. The van der Waals surface area contributed by atoms with E-state index in [1.54, 1.807) is 6.92 Å². The van der Waals surface area contributed by atoms with Crippen LogP contribution in [0.3, 0.4) is 0 Å². The number of Topliss-reactive ketones (excluding diaryl/α,β-unsaturated/α-hetero) is 1. The third-order valence-corrected chi connectivity index (χ3v) is 10.8. The number of fused-ring (bicyclic) bond motifs is 5. The summed E-state index contributed by atoms with van der Waals surface area (Å²) in [6, 6.07) is -1.87. The van der Waals surface area contributed by atoms with Gasteiger partial charge in [-0.3, -0.25) is 14.4 Å². The Balaban J connectivity index is 1.31. The van der Waals surface area contributed by atoms with E-state index in [0.717, 1.165) is 44.2 Å². The molecule has 4 aliphatic rings. The molecule has 0 saturated heterocycles. The lowest BCUT2D eigenvalue weighted by Gasteiger charge is -2.58. The van der Waals surface area contributed by atoms with Crippen LogP contribution in [0, 0.1) is 34.5 Å². The predicted molar refractivity (Wildman–Crippen MR) is 151 cm³/mol. The normalized spacial score (nSPS) is 35.3. The van der Waals surface area contributed by atoms with E-state index in [0.29, 0.717) is 36.4 Å². The molecule has 9 nitrogen and oxygen atoms in total. The SMILES string of the molecule is CCCC(NC(=O)C(C)NC(=O)CON=C1C=C2CCC3C(CCC4(C)C(C(C)=O)CCC34)C2(C)CC1)C(=O)O. The number of carboxylic acid groups (broad SMARTS) is 1. The van der Waals surface area contributed by atoms with Crippen molar-refractivity contribution in [1.82, 2.24) is 10.6 Å². The van der Waals surface area contributed by atoms with Gasteiger partial charge in [-0.25, -0.2) is 4.79 Å². The summed E-state index contributed by atoms with van der Waals surface area (Å²) in [6.07, 6.45) is 11.6. The third kappa shape index (κ3) is 5.84. The molecule has 8 unspecified atom stereocenters. The Labute approximate surface area is 237 Å². The smallest absolute Gasteiger partial charge is 0.326 e. The number of carbonyl (C=O) groups excluding carboxylic acids is 3. The molecule has 2 amide bonds. The summed E-state index contributed by atoms with van der Waals surface area (Å²) in [7, 11) is 0. The minimum Gasteiger partial charge on any atom is -0.480 e. The first-order chi connectivity index (χ1) is 18.9. The molecule has 0 aliphatic heterocycles. The monoisotopic (exact) mass is 557 g/mol. The van der Waals surface area contributed by atoms with E-state index in [1.807, 2.05) is 6.92 Å². The van der Waals surface area contributed by atoms with Crippen molar-refractivity contribution in [2.24, 2.45) is 39.7 Å². The molecule has 8 atom stereocenters. The fourth-order valence-electron chi connectivity index (χ4n) is 8.68. The van der Waals surface area contributed by atoms with E-state index in [2.05, 4.69) is 35.7 Å². The van der Waals surface area contributed by atoms with Crippen LogP contribution >= 0.6 is 0 Å². The summed E-state index contributed by atoms with van der Waals surface area (Å²) in [5.41, 5.74) is 2.57. The Morgan fingerprint density at radius 3 is 2.50 bits per heavy atom. The van der Waals surface area contributed by atoms with Crippen molar-refractivity contribution in [2.75, 3.05) is 6.61 Å². The first-order valence-electron chi connectivity index (χ1n) is 15.1. The van der Waals surface area contributed by atoms with Gasteiger partial charge in [0.15, 0.2) is 6.61 Å². The molecule has 9 heteroatoms. The molecular formula is C31H47N3O6. The van der Waals surface area contributed by atoms with Gasteiger partial charge in [-0.15, -0.1) is 0 Å². The second-order valence-corrected chi connectivity index (χ2v) is 13.1. The summed E-state index contributed by atoms with van der Waals surface area (Å²) in [5.74, 6) is 0.407. The standard InChI is InChI=1S/C31H47N3O6/c1-6-7-26(29(38)39)33-28(37)18(2)32-27(36)17-40-34-21-12-14-30(4)20(16-21)8-9-22-24-11-10-23(19(3)35)31(24,5)15-13-25(22)30/h16,18,22-26H,6-15,17H2,1-5H3,(H,32,36)(H,33,37)(H,38,39). The summed E-state index contributed by atoms with van der Waals surface area (Å²) >= 11 is 0. The van der Waals surface area contributed by atoms with Crippen LogP contribution in [0.2, 0.25) is 0 Å². The highest BCUT2D eigenvalue weighted by molar-refractivity contribution is 5.96. The Hall–Kier alpha value is -2.71. The van der Waals surface area contributed by atoms with E-state index in [9.17, 15) is 24.3 Å². The number of allylic oxidation sites excluding steroid dienone is 2. The van der Waals surface area contributed by atoms with E-state index in [4.69, 9.17) is 4.84 Å². The highest BCUT2D eigenvalue weighted by Crippen LogP contribution is 2.66. The number of nitrogens with one attached hydrogen (secondary N) is 2. The zero-order valence-corrected chi connectivity index (χ0v) is 24.8. The zero-order valence-electron chi connectivity index (χ0n) is 24.8. The molecule has 3 saturated carbocycles. The molecule has 0 heterocycles. The van der Waals surface area contributed by atoms with Gasteiger partial charge in [0.05, 0.1) is 5.71 Å². The van der Waals surface area contributed by atoms with Crippen molar-refractivity contribution in [3.8, 4) is 0 Å². The summed E-state index contributed by atoms with van der Waals surface area (Å²) in [4.78, 5) is 53.7. The van der Waals surface area contributed by atoms with Gasteiger partial charge in [0.1, 0.15) is 17.9 Å². The fourth-order valence-corrected chi connectivity index (χ4v) is 8.68. The molecule has 3 fully saturated rings. The van der Waals surface area contributed by atoms with Crippen molar-refractivity contribution in [3.05, 3.63) is 11.6 Å². The molecule has 40 heavy (non-hydrogen) atoms. The molecule has 0 aromatic heterocycles. The van der Waals surface area contributed by atoms with Gasteiger partial charge in [0, 0.05) is 5.92 Å². The summed E-state index contributed by atoms with van der Waals surface area (Å²) in [6.45, 7) is 9.61. The van der Waals surface area contributed by atoms with Crippen LogP contribution in [0.5, 0.6) is 0 Å². The molecular weight excluding hydrogens is 510 g/mol. The van der Waals surface area contributed by atoms with E-state index < -0.39 is 29.9 Å². The number of hydrogen-bond donors (Lipinski definition) is 3. The lowest BCUT2D eigenvalue weighted by Crippen LogP contribution is -2.51. The first-order valence-corrected chi connectivity index (χ1v) is 15.1. The molecule has 0 aromatic carbocycles. The molecule has 0 radical (unpaired) electrons. The quantitative estimate of drug-likeness (QED) is 0.341. The maximum Gasteiger partial charge on any atom is 0.326 e. The lowest BCUT2D eigenvalue weighted by molar-refractivity contribution is -0.142. The molecule has 0 bridgehead atoms. The largest absolute Gasteiger partial charge is 0.480 e. The number of aliphatic carboxylic acids is 1. The van der Waals surface area contributed by atoms with Crippen molar-refractivity contribution in [1.29, 1.82) is 0 Å². The number of rotatable bonds is 10. The van der Waals surface area contributed by atoms with Gasteiger partial charge in [-0.05, 0) is 106 Å². The highest BCUT2D eigenvalue weighted by Gasteiger charge is 2.59. The topological polar surface area (TPSA) is 134 Å². The average Bonchev–Trinajstić information content (AvgIpc) is 3.26. The van der Waals surface area contributed by atoms with Crippen LogP contribution in [0.1, 0.15) is 98.8 Å². The van der Waals surface area contributed by atoms with Gasteiger partial charge >= 0.3 is 5.97 Å². The third-order valence-electron chi connectivity index (χ3n) is 10.8. The number of ketones is 1. The number of carboxylic acids is 1. The van der Waals surface area contributed by atoms with Gasteiger partial charge in [-0.2, -0.15) is 0 Å². The van der Waals surface area contributed by atoms with Gasteiger partial charge in [-0.1, -0.05) is 37.9 Å². The molecule has 222 valence electrons. The summed E-state index contributed by atoms with van der Waals surface area (Å²) in [5, 5.41) is 18.5. The predicted octanol–water partition coefficient (Wildman–Crippen LogP) is 4.40. The van der Waals surface area contributed by atoms with E-state index >= 15 is 0 Å². The number of hydrogen-bond acceptors (Lipinski definition) is 6. The Kier molecular flexibility index (Phi) is 9.10. The second kappa shape index (κ2) is 12.0. The summed E-state index contributed by atoms with van der Waals surface area (Å²) < 4.78 is 0. The second-order valence-electron chi connectivity index (χ2n) is 13.1. The lowest BCUT2D eigenvalue weighted by atomic mass is 9.46. The van der Waals surface area contributed by atoms with Gasteiger partial charge < -0.3 is 20.6 Å². The van der Waals surface area contributed by atoms with Crippen molar-refractivity contribution < 1.29 is 29.1 Å². The van der Waals surface area contributed by atoms with Crippen LogP contribution in [0.4, 0.5) is 0 Å². The number of oxime groups is 1. The van der Waals surface area contributed by atoms with Crippen molar-refractivity contribution >= 4 is 29.3 Å². The number of amides is 2. The Morgan fingerprint density at radius 1 is 1.07 bits per heavy atom. The Bertz CT molecular complexity index is 1080. The Morgan fingerprint density at radius 2 is 1.82 bits per heavy atom. The van der Waals surface area contributed by atoms with Gasteiger partial charge in [0.25, 0.3) is 5.91 Å². The van der Waals surface area contributed by atoms with Crippen LogP contribution in [0.25, 0.3) is 0 Å². The van der Waals surface area contributed by atoms with Crippen molar-refractivity contribution in [2.45, 2.75) is 111 Å². The minimum absolute atomic E-state index is 0.142. The molecule has 0 spiro atoms. The highest BCUT2D eigenvalue weighted by atomic mass is 16.6. The number of nitrogens with zero attached hydrogens (tertiary/aromatic N) is 1.